The highest BCUT2D eigenvalue weighted by molar-refractivity contribution is 4.87. The van der Waals surface area contributed by atoms with Crippen LogP contribution in [0.4, 0.5) is 0 Å². The Morgan fingerprint density at radius 2 is 1.38 bits per heavy atom. The minimum absolute atomic E-state index is 0.0707. The molecule has 2 atom stereocenters. The van der Waals surface area contributed by atoms with Crippen molar-refractivity contribution in [3.05, 3.63) is 0 Å². The van der Waals surface area contributed by atoms with Gasteiger partial charge in [0.15, 0.2) is 0 Å². The normalized spacial score (nSPS) is 42.0. The molecule has 0 aromatic carbocycles. The highest BCUT2D eigenvalue weighted by Gasteiger charge is 2.36. The van der Waals surface area contributed by atoms with Crippen molar-refractivity contribution in [3.8, 4) is 0 Å². The van der Waals surface area contributed by atoms with Gasteiger partial charge in [0.25, 0.3) is 0 Å². The molecule has 1 saturated carbocycles. The predicted molar refractivity (Wildman–Crippen MR) is 56.5 cm³/mol. The Kier molecular flexibility index (Phi) is 3.06. The van der Waals surface area contributed by atoms with Gasteiger partial charge >= 0.3 is 0 Å². The first-order chi connectivity index (χ1) is 5.82. The average Bonchev–Trinajstić information content (AvgIpc) is 1.97. The number of aliphatic hydroxyl groups is 1. The zero-order valence-electron chi connectivity index (χ0n) is 9.67. The second-order valence-corrected chi connectivity index (χ2v) is 5.98. The summed E-state index contributed by atoms with van der Waals surface area (Å²) in [5.41, 5.74) is 0.405. The maximum absolute atomic E-state index is 9.83. The van der Waals surface area contributed by atoms with E-state index in [9.17, 15) is 5.11 Å². The van der Waals surface area contributed by atoms with E-state index in [4.69, 9.17) is 0 Å². The molecule has 1 aliphatic rings. The van der Waals surface area contributed by atoms with E-state index in [0.717, 1.165) is 5.92 Å². The minimum atomic E-state index is -0.0707. The van der Waals surface area contributed by atoms with Crippen LogP contribution in [0.3, 0.4) is 0 Å². The molecular formula is C12H24O. The van der Waals surface area contributed by atoms with Crippen LogP contribution in [0.2, 0.25) is 0 Å². The fraction of sp³-hybridized carbons (Fsp3) is 1.00. The molecule has 0 aromatic heterocycles. The Balaban J connectivity index is 2.64. The Labute approximate surface area is 82.5 Å². The Morgan fingerprint density at radius 1 is 1.00 bits per heavy atom. The monoisotopic (exact) mass is 184 g/mol. The van der Waals surface area contributed by atoms with E-state index in [-0.39, 0.29) is 6.10 Å². The molecule has 0 spiro atoms. The van der Waals surface area contributed by atoms with Gasteiger partial charge in [-0.2, -0.15) is 0 Å². The molecule has 13 heavy (non-hydrogen) atoms. The molecular weight excluding hydrogens is 160 g/mol. The van der Waals surface area contributed by atoms with Crippen molar-refractivity contribution >= 4 is 0 Å². The summed E-state index contributed by atoms with van der Waals surface area (Å²) < 4.78 is 0. The van der Waals surface area contributed by atoms with Crippen LogP contribution in [0.25, 0.3) is 0 Å². The van der Waals surface area contributed by atoms with E-state index in [1.807, 2.05) is 0 Å². The summed E-state index contributed by atoms with van der Waals surface area (Å²) >= 11 is 0. The molecule has 0 radical (unpaired) electrons. The van der Waals surface area contributed by atoms with Crippen LogP contribution in [0.1, 0.15) is 47.5 Å². The van der Waals surface area contributed by atoms with Crippen LogP contribution in [-0.2, 0) is 0 Å². The van der Waals surface area contributed by atoms with Gasteiger partial charge < -0.3 is 5.11 Å². The van der Waals surface area contributed by atoms with Gasteiger partial charge in [-0.3, -0.25) is 0 Å². The zero-order chi connectivity index (χ0) is 10.2. The summed E-state index contributed by atoms with van der Waals surface area (Å²) in [7, 11) is 0. The van der Waals surface area contributed by atoms with E-state index in [1.54, 1.807) is 0 Å². The highest BCUT2D eigenvalue weighted by atomic mass is 16.3. The molecule has 0 unspecified atom stereocenters. The van der Waals surface area contributed by atoms with Crippen molar-refractivity contribution in [3.63, 3.8) is 0 Å². The second-order valence-electron chi connectivity index (χ2n) is 5.98. The lowest BCUT2D eigenvalue weighted by atomic mass is 9.65. The van der Waals surface area contributed by atoms with Crippen molar-refractivity contribution in [2.45, 2.75) is 53.6 Å². The molecule has 78 valence electrons. The SMILES string of the molecule is C[C@H]1CC(C(C)(C)C)C[C@H](C)C1O. The summed E-state index contributed by atoms with van der Waals surface area (Å²) in [5.74, 6) is 1.74. The lowest BCUT2D eigenvalue weighted by Gasteiger charge is -2.42. The molecule has 1 aliphatic carbocycles. The molecule has 1 heteroatoms. The Bertz CT molecular complexity index is 156. The summed E-state index contributed by atoms with van der Waals surface area (Å²) in [5, 5.41) is 9.83. The summed E-state index contributed by atoms with van der Waals surface area (Å²) in [6.07, 6.45) is 2.31. The van der Waals surface area contributed by atoms with E-state index in [0.29, 0.717) is 17.3 Å². The molecule has 0 saturated heterocycles. The van der Waals surface area contributed by atoms with Gasteiger partial charge in [0.1, 0.15) is 0 Å². The van der Waals surface area contributed by atoms with E-state index < -0.39 is 0 Å². The zero-order valence-corrected chi connectivity index (χ0v) is 9.67. The van der Waals surface area contributed by atoms with E-state index in [2.05, 4.69) is 34.6 Å². The molecule has 1 N–H and O–H groups in total. The molecule has 0 bridgehead atoms. The number of aliphatic hydroxyl groups excluding tert-OH is 1. The number of hydrogen-bond acceptors (Lipinski definition) is 1. The highest BCUT2D eigenvalue weighted by Crippen LogP contribution is 2.42. The van der Waals surface area contributed by atoms with Crippen molar-refractivity contribution < 1.29 is 5.11 Å². The maximum Gasteiger partial charge on any atom is 0.0591 e. The van der Waals surface area contributed by atoms with Crippen molar-refractivity contribution in [2.75, 3.05) is 0 Å². The molecule has 0 aliphatic heterocycles. The molecule has 0 aromatic rings. The van der Waals surface area contributed by atoms with Gasteiger partial charge in [0.2, 0.25) is 0 Å². The molecule has 1 rings (SSSR count). The topological polar surface area (TPSA) is 20.2 Å². The van der Waals surface area contributed by atoms with Crippen molar-refractivity contribution in [1.29, 1.82) is 0 Å². The van der Waals surface area contributed by atoms with Gasteiger partial charge in [-0.25, -0.2) is 0 Å². The van der Waals surface area contributed by atoms with Crippen LogP contribution in [-0.4, -0.2) is 11.2 Å². The third-order valence-electron chi connectivity index (χ3n) is 3.70. The Morgan fingerprint density at radius 3 is 1.69 bits per heavy atom. The molecule has 0 amide bonds. The van der Waals surface area contributed by atoms with Gasteiger partial charge in [-0.05, 0) is 36.0 Å². The lowest BCUT2D eigenvalue weighted by Crippen LogP contribution is -2.38. The maximum atomic E-state index is 9.83. The number of rotatable bonds is 0. The van der Waals surface area contributed by atoms with Crippen LogP contribution < -0.4 is 0 Å². The quantitative estimate of drug-likeness (QED) is 0.613. The largest absolute Gasteiger partial charge is 0.393 e. The summed E-state index contributed by atoms with van der Waals surface area (Å²) in [6.45, 7) is 11.3. The second kappa shape index (κ2) is 3.61. The number of hydrogen-bond donors (Lipinski definition) is 1. The first-order valence-corrected chi connectivity index (χ1v) is 5.50. The van der Waals surface area contributed by atoms with E-state index in [1.165, 1.54) is 12.8 Å². The summed E-state index contributed by atoms with van der Waals surface area (Å²) in [4.78, 5) is 0. The first kappa shape index (κ1) is 11.0. The summed E-state index contributed by atoms with van der Waals surface area (Å²) in [6, 6.07) is 0. The smallest absolute Gasteiger partial charge is 0.0591 e. The fourth-order valence-electron chi connectivity index (χ4n) is 2.54. The van der Waals surface area contributed by atoms with Crippen LogP contribution in [0, 0.1) is 23.2 Å². The Hall–Kier alpha value is -0.0400. The van der Waals surface area contributed by atoms with E-state index >= 15 is 0 Å². The van der Waals surface area contributed by atoms with Crippen LogP contribution in [0.15, 0.2) is 0 Å². The first-order valence-electron chi connectivity index (χ1n) is 5.50. The van der Waals surface area contributed by atoms with Crippen LogP contribution >= 0.6 is 0 Å². The lowest BCUT2D eigenvalue weighted by molar-refractivity contribution is -0.0140. The van der Waals surface area contributed by atoms with Gasteiger partial charge in [-0.15, -0.1) is 0 Å². The third kappa shape index (κ3) is 2.46. The van der Waals surface area contributed by atoms with Crippen molar-refractivity contribution in [1.82, 2.24) is 0 Å². The van der Waals surface area contributed by atoms with Gasteiger partial charge in [0, 0.05) is 0 Å². The molecule has 1 fully saturated rings. The van der Waals surface area contributed by atoms with Crippen molar-refractivity contribution in [2.24, 2.45) is 23.2 Å². The molecule has 1 nitrogen and oxygen atoms in total. The third-order valence-corrected chi connectivity index (χ3v) is 3.70. The molecule has 0 heterocycles. The average molecular weight is 184 g/mol. The van der Waals surface area contributed by atoms with Gasteiger partial charge in [-0.1, -0.05) is 34.6 Å². The fourth-order valence-corrected chi connectivity index (χ4v) is 2.54. The predicted octanol–water partition coefficient (Wildman–Crippen LogP) is 3.08. The standard InChI is InChI=1S/C12H24O/c1-8-6-10(12(3,4)5)7-9(2)11(8)13/h8-11,13H,6-7H2,1-5H3/t8-,9-,10?,11?/m0/s1. The van der Waals surface area contributed by atoms with Crippen LogP contribution in [0.5, 0.6) is 0 Å². The minimum Gasteiger partial charge on any atom is -0.393 e. The van der Waals surface area contributed by atoms with Gasteiger partial charge in [0.05, 0.1) is 6.10 Å².